The Morgan fingerprint density at radius 2 is 1.92 bits per heavy atom. The fraction of sp³-hybridized carbons (Fsp3) is 0.222. The van der Waals surface area contributed by atoms with Gasteiger partial charge in [-0.2, -0.15) is 0 Å². The number of hydrogen-bond acceptors (Lipinski definition) is 5. The first-order valence-electron chi connectivity index (χ1n) is 8.04. The average Bonchev–Trinajstić information content (AvgIpc) is 2.65. The molecule has 0 spiro atoms. The predicted octanol–water partition coefficient (Wildman–Crippen LogP) is 1.50. The third-order valence-corrected chi connectivity index (χ3v) is 5.59. The van der Waals surface area contributed by atoms with Crippen LogP contribution in [0.25, 0.3) is 0 Å². The average molecular weight is 374 g/mol. The Labute approximate surface area is 151 Å². The van der Waals surface area contributed by atoms with E-state index < -0.39 is 9.84 Å². The van der Waals surface area contributed by atoms with Gasteiger partial charge in [-0.1, -0.05) is 30.3 Å². The lowest BCUT2D eigenvalue weighted by molar-refractivity contribution is -0.121. The van der Waals surface area contributed by atoms with Crippen LogP contribution in [0, 0.1) is 0 Å². The van der Waals surface area contributed by atoms with Gasteiger partial charge in [-0.05, 0) is 17.7 Å². The monoisotopic (exact) mass is 374 g/mol. The highest BCUT2D eigenvalue weighted by Crippen LogP contribution is 2.30. The van der Waals surface area contributed by atoms with Gasteiger partial charge in [0.05, 0.1) is 16.3 Å². The fourth-order valence-corrected chi connectivity index (χ4v) is 3.73. The molecule has 2 amide bonds. The maximum absolute atomic E-state index is 12.4. The second-order valence-corrected chi connectivity index (χ2v) is 7.94. The molecule has 8 heteroatoms. The van der Waals surface area contributed by atoms with Gasteiger partial charge in [-0.25, -0.2) is 8.42 Å². The molecule has 0 saturated carbocycles. The van der Waals surface area contributed by atoms with E-state index in [-0.39, 0.29) is 35.5 Å². The Morgan fingerprint density at radius 1 is 1.15 bits per heavy atom. The van der Waals surface area contributed by atoms with Gasteiger partial charge in [0.1, 0.15) is 5.75 Å². The summed E-state index contributed by atoms with van der Waals surface area (Å²) in [5, 5.41) is 5.30. The Hall–Kier alpha value is -2.87. The highest BCUT2D eigenvalue weighted by Gasteiger charge is 2.21. The van der Waals surface area contributed by atoms with Crippen molar-refractivity contribution in [3.8, 4) is 5.75 Å². The number of carbonyl (C=O) groups is 2. The molecule has 7 nitrogen and oxygen atoms in total. The minimum Gasteiger partial charge on any atom is -0.482 e. The summed E-state index contributed by atoms with van der Waals surface area (Å²) in [6.07, 6.45) is -0.135. The van der Waals surface area contributed by atoms with Crippen LogP contribution in [0.3, 0.4) is 0 Å². The molecule has 0 fully saturated rings. The van der Waals surface area contributed by atoms with Gasteiger partial charge in [0.15, 0.2) is 16.4 Å². The van der Waals surface area contributed by atoms with E-state index in [1.165, 1.54) is 18.2 Å². The van der Waals surface area contributed by atoms with E-state index in [1.807, 2.05) is 30.3 Å². The van der Waals surface area contributed by atoms with E-state index in [0.717, 1.165) is 5.56 Å². The van der Waals surface area contributed by atoms with Crippen molar-refractivity contribution in [3.05, 3.63) is 54.1 Å². The van der Waals surface area contributed by atoms with Gasteiger partial charge in [0.2, 0.25) is 5.91 Å². The van der Waals surface area contributed by atoms with Crippen molar-refractivity contribution in [2.75, 3.05) is 17.7 Å². The van der Waals surface area contributed by atoms with E-state index in [2.05, 4.69) is 10.6 Å². The van der Waals surface area contributed by atoms with Crippen LogP contribution in [0.2, 0.25) is 0 Å². The van der Waals surface area contributed by atoms with Crippen molar-refractivity contribution in [3.63, 3.8) is 0 Å². The van der Waals surface area contributed by atoms with Gasteiger partial charge in [0, 0.05) is 19.0 Å². The zero-order chi connectivity index (χ0) is 18.6. The molecule has 3 rings (SSSR count). The van der Waals surface area contributed by atoms with Gasteiger partial charge in [-0.3, -0.25) is 9.59 Å². The molecule has 1 aliphatic rings. The molecule has 0 atom stereocenters. The standard InChI is InChI=1S/C18H18N2O5S/c21-17(19-11-13-4-2-1-3-5-13)8-9-26(23,24)14-6-7-15-16(10-14)25-12-18(22)20-15/h1-7,10H,8-9,11-12H2,(H,19,21)(H,20,22). The van der Waals surface area contributed by atoms with Crippen LogP contribution in [0.1, 0.15) is 12.0 Å². The second kappa shape index (κ2) is 7.57. The van der Waals surface area contributed by atoms with E-state index in [1.54, 1.807) is 0 Å². The van der Waals surface area contributed by atoms with Crippen LogP contribution in [-0.4, -0.2) is 32.6 Å². The second-order valence-electron chi connectivity index (χ2n) is 5.83. The molecule has 26 heavy (non-hydrogen) atoms. The zero-order valence-electron chi connectivity index (χ0n) is 13.9. The van der Waals surface area contributed by atoms with E-state index in [4.69, 9.17) is 4.74 Å². The quantitative estimate of drug-likeness (QED) is 0.798. The molecular formula is C18H18N2O5S. The summed E-state index contributed by atoms with van der Waals surface area (Å²) >= 11 is 0. The maximum atomic E-state index is 12.4. The Bertz CT molecular complexity index is 926. The summed E-state index contributed by atoms with van der Waals surface area (Å²) in [5.41, 5.74) is 1.37. The Morgan fingerprint density at radius 3 is 2.69 bits per heavy atom. The number of sulfone groups is 1. The van der Waals surface area contributed by atoms with Crippen molar-refractivity contribution in [1.29, 1.82) is 0 Å². The lowest BCUT2D eigenvalue weighted by Crippen LogP contribution is -2.26. The van der Waals surface area contributed by atoms with Crippen molar-refractivity contribution < 1.29 is 22.7 Å². The van der Waals surface area contributed by atoms with Gasteiger partial charge in [0.25, 0.3) is 5.91 Å². The van der Waals surface area contributed by atoms with Crippen molar-refractivity contribution in [2.24, 2.45) is 0 Å². The molecule has 0 unspecified atom stereocenters. The number of anilines is 1. The number of carbonyl (C=O) groups excluding carboxylic acids is 2. The van der Waals surface area contributed by atoms with Crippen LogP contribution in [0.15, 0.2) is 53.4 Å². The summed E-state index contributed by atoms with van der Waals surface area (Å²) in [6, 6.07) is 13.6. The molecule has 2 aromatic rings. The molecule has 0 aromatic heterocycles. The summed E-state index contributed by atoms with van der Waals surface area (Å²) in [7, 11) is -3.64. The third kappa shape index (κ3) is 4.40. The van der Waals surface area contributed by atoms with Crippen LogP contribution in [0.5, 0.6) is 5.75 Å². The minimum atomic E-state index is -3.64. The van der Waals surface area contributed by atoms with Crippen LogP contribution >= 0.6 is 0 Å². The number of nitrogens with one attached hydrogen (secondary N) is 2. The first kappa shape index (κ1) is 17.9. The van der Waals surface area contributed by atoms with Gasteiger partial charge < -0.3 is 15.4 Å². The predicted molar refractivity (Wildman–Crippen MR) is 95.5 cm³/mol. The summed E-state index contributed by atoms with van der Waals surface area (Å²) in [5.74, 6) is -0.625. The van der Waals surface area contributed by atoms with E-state index in [0.29, 0.717) is 18.0 Å². The van der Waals surface area contributed by atoms with Crippen LogP contribution < -0.4 is 15.4 Å². The Kier molecular flexibility index (Phi) is 5.22. The molecule has 2 N–H and O–H groups in total. The largest absolute Gasteiger partial charge is 0.482 e. The first-order valence-corrected chi connectivity index (χ1v) is 9.69. The molecule has 0 aliphatic carbocycles. The highest BCUT2D eigenvalue weighted by molar-refractivity contribution is 7.91. The molecule has 0 bridgehead atoms. The molecule has 136 valence electrons. The topological polar surface area (TPSA) is 102 Å². The number of rotatable bonds is 6. The minimum absolute atomic E-state index is 0.0586. The first-order chi connectivity index (χ1) is 12.4. The maximum Gasteiger partial charge on any atom is 0.262 e. The summed E-state index contributed by atoms with van der Waals surface area (Å²) in [4.78, 5) is 23.2. The number of fused-ring (bicyclic) bond motifs is 1. The van der Waals surface area contributed by atoms with Crippen molar-refractivity contribution >= 4 is 27.3 Å². The molecular weight excluding hydrogens is 356 g/mol. The smallest absolute Gasteiger partial charge is 0.262 e. The lowest BCUT2D eigenvalue weighted by Gasteiger charge is -2.18. The number of amides is 2. The summed E-state index contributed by atoms with van der Waals surface area (Å²) < 4.78 is 30.1. The highest BCUT2D eigenvalue weighted by atomic mass is 32.2. The van der Waals surface area contributed by atoms with Crippen LogP contribution in [-0.2, 0) is 26.0 Å². The van der Waals surface area contributed by atoms with Crippen molar-refractivity contribution in [2.45, 2.75) is 17.9 Å². The molecule has 1 heterocycles. The molecule has 0 radical (unpaired) electrons. The van der Waals surface area contributed by atoms with Crippen LogP contribution in [0.4, 0.5) is 5.69 Å². The summed E-state index contributed by atoms with van der Waals surface area (Å²) in [6.45, 7) is 0.199. The number of hydrogen-bond donors (Lipinski definition) is 2. The zero-order valence-corrected chi connectivity index (χ0v) is 14.7. The van der Waals surface area contributed by atoms with Crippen molar-refractivity contribution in [1.82, 2.24) is 5.32 Å². The van der Waals surface area contributed by atoms with E-state index in [9.17, 15) is 18.0 Å². The molecule has 2 aromatic carbocycles. The Balaban J connectivity index is 1.58. The van der Waals surface area contributed by atoms with Gasteiger partial charge in [-0.15, -0.1) is 0 Å². The lowest BCUT2D eigenvalue weighted by atomic mass is 10.2. The molecule has 1 aliphatic heterocycles. The van der Waals surface area contributed by atoms with E-state index >= 15 is 0 Å². The number of ether oxygens (including phenoxy) is 1. The number of benzene rings is 2. The third-order valence-electron chi connectivity index (χ3n) is 3.88. The molecule has 0 saturated heterocycles. The van der Waals surface area contributed by atoms with Gasteiger partial charge >= 0.3 is 0 Å². The fourth-order valence-electron chi connectivity index (χ4n) is 2.48. The SMILES string of the molecule is O=C(CCS(=O)(=O)c1ccc2c(c1)OCC(=O)N2)NCc1ccccc1. The normalized spacial score (nSPS) is 13.3.